The van der Waals surface area contributed by atoms with Gasteiger partial charge in [-0.15, -0.1) is 11.3 Å². The number of carbonyl (C=O) groups is 1. The van der Waals surface area contributed by atoms with E-state index in [1.54, 1.807) is 0 Å². The summed E-state index contributed by atoms with van der Waals surface area (Å²) in [5, 5.41) is 10.4. The number of halogens is 1. The lowest BCUT2D eigenvalue weighted by molar-refractivity contribution is 0.0696. The van der Waals surface area contributed by atoms with Crippen molar-refractivity contribution in [1.29, 1.82) is 0 Å². The number of rotatable bonds is 5. The molecule has 0 unspecified atom stereocenters. The van der Waals surface area contributed by atoms with E-state index in [2.05, 4.69) is 25.6 Å². The van der Waals surface area contributed by atoms with Gasteiger partial charge >= 0.3 is 5.97 Å². The Labute approximate surface area is 127 Å². The van der Waals surface area contributed by atoms with Crippen molar-refractivity contribution in [3.8, 4) is 0 Å². The molecule has 2 aromatic rings. The van der Waals surface area contributed by atoms with Gasteiger partial charge in [-0.3, -0.25) is 0 Å². The zero-order valence-electron chi connectivity index (χ0n) is 9.91. The molecule has 0 saturated carbocycles. The maximum absolute atomic E-state index is 12.0. The summed E-state index contributed by atoms with van der Waals surface area (Å²) < 4.78 is 27.2. The van der Waals surface area contributed by atoms with Crippen LogP contribution in [0.15, 0.2) is 39.3 Å². The minimum Gasteiger partial charge on any atom is -0.478 e. The molecule has 0 aliphatic heterocycles. The normalized spacial score (nSPS) is 11.4. The minimum atomic E-state index is -3.75. The molecule has 6 nitrogen and oxygen atoms in total. The number of hydrogen-bond acceptors (Lipinski definition) is 5. The van der Waals surface area contributed by atoms with Crippen molar-refractivity contribution in [2.24, 2.45) is 0 Å². The number of thiophene rings is 1. The zero-order chi connectivity index (χ0) is 14.8. The first-order chi connectivity index (χ1) is 9.38. The first-order valence-electron chi connectivity index (χ1n) is 5.30. The van der Waals surface area contributed by atoms with Gasteiger partial charge in [0.05, 0.1) is 5.56 Å². The number of nitrogens with one attached hydrogen (secondary N) is 1. The van der Waals surface area contributed by atoms with Crippen LogP contribution in [0.5, 0.6) is 0 Å². The van der Waals surface area contributed by atoms with E-state index in [-0.39, 0.29) is 17.1 Å². The Morgan fingerprint density at radius 2 is 2.20 bits per heavy atom. The fraction of sp³-hybridized carbons (Fsp3) is 0.0909. The van der Waals surface area contributed by atoms with Crippen molar-refractivity contribution in [2.75, 3.05) is 0 Å². The van der Waals surface area contributed by atoms with Crippen LogP contribution in [0.3, 0.4) is 0 Å². The highest BCUT2D eigenvalue weighted by Gasteiger charge is 2.16. The van der Waals surface area contributed by atoms with Crippen LogP contribution in [0.1, 0.15) is 15.2 Å². The van der Waals surface area contributed by atoms with Gasteiger partial charge in [0.2, 0.25) is 0 Å². The summed E-state index contributed by atoms with van der Waals surface area (Å²) in [4.78, 5) is 15.2. The van der Waals surface area contributed by atoms with Gasteiger partial charge in [0.25, 0.3) is 10.0 Å². The van der Waals surface area contributed by atoms with E-state index < -0.39 is 16.0 Å². The smallest absolute Gasteiger partial charge is 0.337 e. The molecule has 2 aromatic heterocycles. The van der Waals surface area contributed by atoms with Crippen LogP contribution in [0.2, 0.25) is 0 Å². The molecular formula is C11H9BrN2O4S2. The topological polar surface area (TPSA) is 96.4 Å². The van der Waals surface area contributed by atoms with Crippen LogP contribution in [-0.4, -0.2) is 24.5 Å². The molecule has 2 rings (SSSR count). The summed E-state index contributed by atoms with van der Waals surface area (Å²) in [5.41, 5.74) is -0.0638. The molecule has 0 aliphatic rings. The molecule has 0 atom stereocenters. The summed E-state index contributed by atoms with van der Waals surface area (Å²) in [6.07, 6.45) is 1.01. The number of nitrogens with zero attached hydrogens (tertiary/aromatic N) is 1. The highest BCUT2D eigenvalue weighted by Crippen LogP contribution is 2.20. The molecular weight excluding hydrogens is 368 g/mol. The monoisotopic (exact) mass is 376 g/mol. The standard InChI is InChI=1S/C11H9BrN2O4S2/c12-8-3-9(19-6-8)5-14-20(17,18)10-2-1-7(4-13-10)11(15)16/h1-4,6,14H,5H2,(H,15,16). The summed E-state index contributed by atoms with van der Waals surface area (Å²) >= 11 is 4.70. The molecule has 0 amide bonds. The van der Waals surface area contributed by atoms with Crippen LogP contribution in [0.25, 0.3) is 0 Å². The third kappa shape index (κ3) is 3.63. The first kappa shape index (κ1) is 15.1. The number of carboxylic acid groups (broad SMARTS) is 1. The lowest BCUT2D eigenvalue weighted by Crippen LogP contribution is -2.23. The Morgan fingerprint density at radius 3 is 2.70 bits per heavy atom. The second kappa shape index (κ2) is 6.00. The van der Waals surface area contributed by atoms with E-state index in [1.807, 2.05) is 11.4 Å². The number of hydrogen-bond donors (Lipinski definition) is 2. The number of aromatic nitrogens is 1. The minimum absolute atomic E-state index is 0.0638. The molecule has 0 aromatic carbocycles. The molecule has 0 saturated heterocycles. The number of carboxylic acids is 1. The van der Waals surface area contributed by atoms with E-state index in [9.17, 15) is 13.2 Å². The third-order valence-corrected chi connectivity index (χ3v) is 5.33. The SMILES string of the molecule is O=C(O)c1ccc(S(=O)(=O)NCc2cc(Br)cs2)nc1. The molecule has 9 heteroatoms. The Bertz CT molecular complexity index is 725. The quantitative estimate of drug-likeness (QED) is 0.832. The Hall–Kier alpha value is -1.29. The largest absolute Gasteiger partial charge is 0.478 e. The van der Waals surface area contributed by atoms with Gasteiger partial charge < -0.3 is 5.11 Å². The molecule has 0 radical (unpaired) electrons. The van der Waals surface area contributed by atoms with Gasteiger partial charge in [-0.05, 0) is 34.1 Å². The van der Waals surface area contributed by atoms with Crippen molar-refractivity contribution in [1.82, 2.24) is 9.71 Å². The fourth-order valence-electron chi connectivity index (χ4n) is 1.35. The van der Waals surface area contributed by atoms with Crippen molar-refractivity contribution < 1.29 is 18.3 Å². The van der Waals surface area contributed by atoms with Gasteiger partial charge in [-0.2, -0.15) is 0 Å². The average Bonchev–Trinajstić information content (AvgIpc) is 2.82. The van der Waals surface area contributed by atoms with E-state index >= 15 is 0 Å². The van der Waals surface area contributed by atoms with Crippen LogP contribution in [0.4, 0.5) is 0 Å². The number of pyridine rings is 1. The molecule has 106 valence electrons. The van der Waals surface area contributed by atoms with Crippen molar-refractivity contribution in [3.63, 3.8) is 0 Å². The van der Waals surface area contributed by atoms with Gasteiger partial charge in [0.1, 0.15) is 0 Å². The number of aromatic carboxylic acids is 1. The maximum Gasteiger partial charge on any atom is 0.337 e. The van der Waals surface area contributed by atoms with Crippen LogP contribution in [-0.2, 0) is 16.6 Å². The summed E-state index contributed by atoms with van der Waals surface area (Å²) in [7, 11) is -3.75. The van der Waals surface area contributed by atoms with Crippen molar-refractivity contribution in [2.45, 2.75) is 11.6 Å². The average molecular weight is 377 g/mol. The van der Waals surface area contributed by atoms with Crippen molar-refractivity contribution in [3.05, 3.63) is 44.7 Å². The van der Waals surface area contributed by atoms with E-state index in [4.69, 9.17) is 5.11 Å². The predicted molar refractivity (Wildman–Crippen MR) is 77.2 cm³/mol. The van der Waals surface area contributed by atoms with Gasteiger partial charge in [0.15, 0.2) is 5.03 Å². The molecule has 2 heterocycles. The van der Waals surface area contributed by atoms with Crippen molar-refractivity contribution >= 4 is 43.3 Å². The molecule has 20 heavy (non-hydrogen) atoms. The molecule has 0 fully saturated rings. The molecule has 0 aliphatic carbocycles. The lowest BCUT2D eigenvalue weighted by Gasteiger charge is -2.04. The van der Waals surface area contributed by atoms with Crippen LogP contribution >= 0.6 is 27.3 Å². The second-order valence-corrected chi connectivity index (χ2v) is 7.37. The van der Waals surface area contributed by atoms with Crippen LogP contribution < -0.4 is 4.72 Å². The number of sulfonamides is 1. The fourth-order valence-corrected chi connectivity index (χ4v) is 3.77. The summed E-state index contributed by atoms with van der Waals surface area (Å²) in [6, 6.07) is 4.18. The second-order valence-electron chi connectivity index (χ2n) is 3.75. The molecule has 2 N–H and O–H groups in total. The highest BCUT2D eigenvalue weighted by molar-refractivity contribution is 9.10. The van der Waals surface area contributed by atoms with E-state index in [0.29, 0.717) is 0 Å². The Kier molecular flexibility index (Phi) is 4.53. The van der Waals surface area contributed by atoms with E-state index in [0.717, 1.165) is 21.6 Å². The Morgan fingerprint density at radius 1 is 1.45 bits per heavy atom. The third-order valence-electron chi connectivity index (χ3n) is 2.32. The lowest BCUT2D eigenvalue weighted by atomic mass is 10.3. The summed E-state index contributed by atoms with van der Waals surface area (Å²) in [5.74, 6) is -1.15. The van der Waals surface area contributed by atoms with Crippen LogP contribution in [0, 0.1) is 0 Å². The predicted octanol–water partition coefficient (Wildman–Crippen LogP) is 2.08. The van der Waals surface area contributed by atoms with E-state index in [1.165, 1.54) is 17.4 Å². The summed E-state index contributed by atoms with van der Waals surface area (Å²) in [6.45, 7) is 0.154. The molecule has 0 spiro atoms. The first-order valence-corrected chi connectivity index (χ1v) is 8.46. The highest BCUT2D eigenvalue weighted by atomic mass is 79.9. The van der Waals surface area contributed by atoms with Gasteiger partial charge in [-0.25, -0.2) is 22.9 Å². The molecule has 0 bridgehead atoms. The zero-order valence-corrected chi connectivity index (χ0v) is 13.1. The van der Waals surface area contributed by atoms with Gasteiger partial charge in [-0.1, -0.05) is 0 Å². The van der Waals surface area contributed by atoms with Gasteiger partial charge in [0, 0.05) is 27.5 Å². The Balaban J connectivity index is 2.11. The maximum atomic E-state index is 12.0.